The predicted octanol–water partition coefficient (Wildman–Crippen LogP) is 2.95. The van der Waals surface area contributed by atoms with E-state index >= 15 is 0 Å². The molecular formula is C15H18N2O2S2. The van der Waals surface area contributed by atoms with Crippen LogP contribution in [0.15, 0.2) is 29.6 Å². The highest BCUT2D eigenvalue weighted by Gasteiger charge is 2.26. The van der Waals surface area contributed by atoms with Crippen LogP contribution >= 0.6 is 11.3 Å². The van der Waals surface area contributed by atoms with Crippen molar-refractivity contribution in [1.29, 1.82) is 0 Å². The number of hydrogen-bond donors (Lipinski definition) is 1. The van der Waals surface area contributed by atoms with Gasteiger partial charge in [-0.15, -0.1) is 11.3 Å². The molecule has 1 aromatic carbocycles. The highest BCUT2D eigenvalue weighted by Crippen LogP contribution is 2.41. The lowest BCUT2D eigenvalue weighted by atomic mass is 10.2. The molecule has 0 saturated heterocycles. The molecule has 1 aromatic heterocycles. The molecule has 0 spiro atoms. The Morgan fingerprint density at radius 3 is 2.67 bits per heavy atom. The van der Waals surface area contributed by atoms with Crippen LogP contribution in [0, 0.1) is 6.92 Å². The Kier molecular flexibility index (Phi) is 4.10. The fourth-order valence-corrected chi connectivity index (χ4v) is 4.15. The van der Waals surface area contributed by atoms with Crippen molar-refractivity contribution in [2.45, 2.75) is 38.0 Å². The van der Waals surface area contributed by atoms with Gasteiger partial charge in [-0.25, -0.2) is 18.1 Å². The van der Waals surface area contributed by atoms with Gasteiger partial charge in [0.25, 0.3) is 0 Å². The van der Waals surface area contributed by atoms with E-state index in [1.807, 2.05) is 36.6 Å². The van der Waals surface area contributed by atoms with Gasteiger partial charge in [-0.3, -0.25) is 0 Å². The molecule has 1 N–H and O–H groups in total. The van der Waals surface area contributed by atoms with Crippen molar-refractivity contribution in [3.8, 4) is 0 Å². The summed E-state index contributed by atoms with van der Waals surface area (Å²) < 4.78 is 26.8. The fourth-order valence-electron chi connectivity index (χ4n) is 2.06. The number of benzene rings is 1. The van der Waals surface area contributed by atoms with Gasteiger partial charge in [0.1, 0.15) is 0 Å². The van der Waals surface area contributed by atoms with E-state index in [0.29, 0.717) is 5.92 Å². The van der Waals surface area contributed by atoms with E-state index in [-0.39, 0.29) is 12.3 Å². The monoisotopic (exact) mass is 322 g/mol. The quantitative estimate of drug-likeness (QED) is 0.889. The molecule has 1 aliphatic carbocycles. The van der Waals surface area contributed by atoms with Crippen LogP contribution in [0.5, 0.6) is 0 Å². The number of sulfonamides is 1. The van der Waals surface area contributed by atoms with Crippen molar-refractivity contribution in [3.63, 3.8) is 0 Å². The van der Waals surface area contributed by atoms with Gasteiger partial charge in [0, 0.05) is 11.3 Å². The van der Waals surface area contributed by atoms with Gasteiger partial charge < -0.3 is 0 Å². The van der Waals surface area contributed by atoms with Gasteiger partial charge in [0.05, 0.1) is 23.0 Å². The number of thiazole rings is 1. The number of aryl methyl sites for hydroxylation is 1. The molecule has 1 saturated carbocycles. The second-order valence-corrected chi connectivity index (χ2v) is 8.21. The maximum absolute atomic E-state index is 12.1. The second kappa shape index (κ2) is 5.87. The van der Waals surface area contributed by atoms with E-state index in [9.17, 15) is 8.42 Å². The largest absolute Gasteiger partial charge is 0.245 e. The van der Waals surface area contributed by atoms with Crippen molar-refractivity contribution in [2.75, 3.05) is 0 Å². The minimum absolute atomic E-state index is 0.00684. The molecule has 0 bridgehead atoms. The molecule has 112 valence electrons. The average molecular weight is 322 g/mol. The molecule has 1 aliphatic rings. The lowest BCUT2D eigenvalue weighted by Crippen LogP contribution is -2.24. The molecule has 21 heavy (non-hydrogen) atoms. The zero-order chi connectivity index (χ0) is 14.9. The van der Waals surface area contributed by atoms with Crippen LogP contribution < -0.4 is 4.72 Å². The van der Waals surface area contributed by atoms with Crippen molar-refractivity contribution in [3.05, 3.63) is 51.5 Å². The molecule has 1 fully saturated rings. The van der Waals surface area contributed by atoms with Crippen LogP contribution in [-0.2, 0) is 22.3 Å². The van der Waals surface area contributed by atoms with Crippen LogP contribution in [-0.4, -0.2) is 13.4 Å². The predicted molar refractivity (Wildman–Crippen MR) is 84.7 cm³/mol. The fraction of sp³-hybridized carbons (Fsp3) is 0.400. The summed E-state index contributed by atoms with van der Waals surface area (Å²) in [6, 6.07) is 7.55. The zero-order valence-electron chi connectivity index (χ0n) is 11.9. The highest BCUT2D eigenvalue weighted by atomic mass is 32.2. The van der Waals surface area contributed by atoms with E-state index in [4.69, 9.17) is 0 Å². The van der Waals surface area contributed by atoms with E-state index in [0.717, 1.165) is 21.8 Å². The number of nitrogens with zero attached hydrogens (tertiary/aromatic N) is 1. The Labute approximate surface area is 129 Å². The van der Waals surface area contributed by atoms with Crippen LogP contribution in [0.1, 0.15) is 40.6 Å². The van der Waals surface area contributed by atoms with Crippen LogP contribution in [0.25, 0.3) is 0 Å². The van der Waals surface area contributed by atoms with Crippen molar-refractivity contribution in [2.24, 2.45) is 0 Å². The third-order valence-electron chi connectivity index (χ3n) is 3.45. The minimum atomic E-state index is -3.33. The first kappa shape index (κ1) is 14.7. The van der Waals surface area contributed by atoms with Gasteiger partial charge in [-0.2, -0.15) is 0 Å². The Balaban J connectivity index is 1.58. The van der Waals surface area contributed by atoms with Gasteiger partial charge in [0.15, 0.2) is 0 Å². The Morgan fingerprint density at radius 2 is 2.00 bits per heavy atom. The summed E-state index contributed by atoms with van der Waals surface area (Å²) in [7, 11) is -3.33. The summed E-state index contributed by atoms with van der Waals surface area (Å²) >= 11 is 1.63. The summed E-state index contributed by atoms with van der Waals surface area (Å²) in [5, 5.41) is 3.09. The number of rotatable bonds is 6. The Hall–Kier alpha value is -1.24. The topological polar surface area (TPSA) is 59.1 Å². The van der Waals surface area contributed by atoms with Crippen molar-refractivity contribution < 1.29 is 8.42 Å². The molecule has 0 amide bonds. The lowest BCUT2D eigenvalue weighted by molar-refractivity contribution is 0.579. The van der Waals surface area contributed by atoms with Crippen molar-refractivity contribution >= 4 is 21.4 Å². The molecule has 3 rings (SSSR count). The summed E-state index contributed by atoms with van der Waals surface area (Å²) in [5.41, 5.74) is 2.73. The molecule has 0 atom stereocenters. The third-order valence-corrected chi connectivity index (χ3v) is 5.80. The van der Waals surface area contributed by atoms with Gasteiger partial charge >= 0.3 is 0 Å². The van der Waals surface area contributed by atoms with E-state index in [1.54, 1.807) is 11.3 Å². The van der Waals surface area contributed by atoms with Gasteiger partial charge in [0.2, 0.25) is 10.0 Å². The summed E-state index contributed by atoms with van der Waals surface area (Å²) in [4.78, 5) is 4.49. The summed E-state index contributed by atoms with van der Waals surface area (Å²) in [5.74, 6) is 0.625. The summed E-state index contributed by atoms with van der Waals surface area (Å²) in [6.07, 6.45) is 2.43. The van der Waals surface area contributed by atoms with E-state index in [1.165, 1.54) is 12.8 Å². The first-order chi connectivity index (χ1) is 10.0. The van der Waals surface area contributed by atoms with E-state index < -0.39 is 10.0 Å². The maximum Gasteiger partial charge on any atom is 0.216 e. The first-order valence-corrected chi connectivity index (χ1v) is 9.52. The Bertz CT molecular complexity index is 716. The maximum atomic E-state index is 12.1. The van der Waals surface area contributed by atoms with Crippen molar-refractivity contribution in [1.82, 2.24) is 9.71 Å². The zero-order valence-corrected chi connectivity index (χ0v) is 13.5. The second-order valence-electron chi connectivity index (χ2n) is 5.52. The number of nitrogens with one attached hydrogen (secondary N) is 1. The average Bonchev–Trinajstić information content (AvgIpc) is 3.18. The molecule has 0 radical (unpaired) electrons. The molecular weight excluding hydrogens is 304 g/mol. The molecule has 0 unspecified atom stereocenters. The number of hydrogen-bond acceptors (Lipinski definition) is 4. The van der Waals surface area contributed by atoms with Gasteiger partial charge in [-0.1, -0.05) is 29.8 Å². The smallest absolute Gasteiger partial charge is 0.216 e. The first-order valence-electron chi connectivity index (χ1n) is 6.99. The van der Waals surface area contributed by atoms with Crippen LogP contribution in [0.3, 0.4) is 0 Å². The van der Waals surface area contributed by atoms with E-state index in [2.05, 4.69) is 9.71 Å². The van der Waals surface area contributed by atoms with Crippen LogP contribution in [0.4, 0.5) is 0 Å². The molecule has 0 aliphatic heterocycles. The molecule has 6 heteroatoms. The number of aromatic nitrogens is 1. The normalized spacial score (nSPS) is 15.3. The molecule has 1 heterocycles. The Morgan fingerprint density at radius 1 is 1.29 bits per heavy atom. The molecule has 2 aromatic rings. The summed E-state index contributed by atoms with van der Waals surface area (Å²) in [6.45, 7) is 2.26. The highest BCUT2D eigenvalue weighted by molar-refractivity contribution is 7.88. The van der Waals surface area contributed by atoms with Gasteiger partial charge in [-0.05, 0) is 25.3 Å². The van der Waals surface area contributed by atoms with Crippen LogP contribution in [0.2, 0.25) is 0 Å². The SMILES string of the molecule is Cc1ccc(CS(=O)(=O)NCc2csc(C3CC3)n2)cc1. The molecule has 4 nitrogen and oxygen atoms in total. The third kappa shape index (κ3) is 4.12. The lowest BCUT2D eigenvalue weighted by Gasteiger charge is -2.06. The minimum Gasteiger partial charge on any atom is -0.245 e. The standard InChI is InChI=1S/C15H18N2O2S2/c1-11-2-4-12(5-3-11)10-21(18,19)16-8-14-9-20-15(17-14)13-6-7-13/h2-5,9,13,16H,6-8,10H2,1H3.